The molecule has 3 aromatic rings. The molecule has 10 heteroatoms. The van der Waals surface area contributed by atoms with Crippen molar-refractivity contribution in [3.8, 4) is 23.1 Å². The van der Waals surface area contributed by atoms with E-state index in [0.29, 0.717) is 17.4 Å². The molecule has 0 unspecified atom stereocenters. The zero-order chi connectivity index (χ0) is 24.1. The Labute approximate surface area is 198 Å². The highest BCUT2D eigenvalue weighted by Gasteiger charge is 2.30. The molecular formula is C24H25N3O6S. The number of carbonyl (C=O) groups is 1. The largest absolute Gasteiger partial charge is 0.497 e. The average molecular weight is 484 g/mol. The first-order valence-corrected chi connectivity index (χ1v) is 12.1. The number of carbonyl (C=O) groups excluding carboxylic acids is 1. The molecule has 0 saturated heterocycles. The molecule has 0 atom stereocenters. The highest BCUT2D eigenvalue weighted by molar-refractivity contribution is 7.89. The Hall–Kier alpha value is -3.63. The Balaban J connectivity index is 1.40. The van der Waals surface area contributed by atoms with E-state index < -0.39 is 15.9 Å². The summed E-state index contributed by atoms with van der Waals surface area (Å²) in [7, 11) is -0.815. The molecule has 1 aliphatic rings. The van der Waals surface area contributed by atoms with Crippen LogP contribution in [-0.2, 0) is 16.6 Å². The van der Waals surface area contributed by atoms with Gasteiger partial charge in [0.15, 0.2) is 0 Å². The lowest BCUT2D eigenvalue weighted by Gasteiger charge is -2.12. The number of hydrogen-bond donors (Lipinski definition) is 2. The van der Waals surface area contributed by atoms with Gasteiger partial charge in [0.05, 0.1) is 14.2 Å². The van der Waals surface area contributed by atoms with Crippen molar-refractivity contribution in [1.29, 1.82) is 0 Å². The van der Waals surface area contributed by atoms with Crippen molar-refractivity contribution in [2.24, 2.45) is 0 Å². The fourth-order valence-corrected chi connectivity index (χ4v) is 4.66. The van der Waals surface area contributed by atoms with Crippen LogP contribution in [0.4, 0.5) is 0 Å². The van der Waals surface area contributed by atoms with Crippen LogP contribution < -0.4 is 24.2 Å². The Kier molecular flexibility index (Phi) is 6.99. The minimum absolute atomic E-state index is 0.0597. The zero-order valence-corrected chi connectivity index (χ0v) is 19.6. The molecule has 2 aromatic carbocycles. The first-order valence-electron chi connectivity index (χ1n) is 10.6. The van der Waals surface area contributed by atoms with E-state index in [2.05, 4.69) is 15.0 Å². The summed E-state index contributed by atoms with van der Waals surface area (Å²) in [5, 5.41) is 2.78. The summed E-state index contributed by atoms with van der Waals surface area (Å²) in [5.41, 5.74) is 0.964. The summed E-state index contributed by atoms with van der Waals surface area (Å²) in [6, 6.07) is 14.9. The summed E-state index contributed by atoms with van der Waals surface area (Å²) in [4.78, 5) is 16.9. The minimum Gasteiger partial charge on any atom is -0.497 e. The van der Waals surface area contributed by atoms with Crippen molar-refractivity contribution in [3.63, 3.8) is 0 Å². The molecule has 0 bridgehead atoms. The molecule has 178 valence electrons. The van der Waals surface area contributed by atoms with Crippen LogP contribution in [0.2, 0.25) is 0 Å². The second-order valence-corrected chi connectivity index (χ2v) is 9.41. The maximum Gasteiger partial charge on any atom is 0.251 e. The van der Waals surface area contributed by atoms with E-state index >= 15 is 0 Å². The monoisotopic (exact) mass is 483 g/mol. The van der Waals surface area contributed by atoms with Crippen LogP contribution in [-0.4, -0.2) is 39.6 Å². The number of ether oxygens (including phenoxy) is 3. The molecule has 1 fully saturated rings. The summed E-state index contributed by atoms with van der Waals surface area (Å²) < 4.78 is 44.0. The molecule has 2 N–H and O–H groups in total. The molecule has 1 saturated carbocycles. The van der Waals surface area contributed by atoms with Crippen LogP contribution in [0, 0.1) is 0 Å². The highest BCUT2D eigenvalue weighted by atomic mass is 32.2. The normalized spacial score (nSPS) is 13.2. The lowest BCUT2D eigenvalue weighted by molar-refractivity contribution is 0.0950. The minimum atomic E-state index is -3.78. The molecule has 1 amide bonds. The van der Waals surface area contributed by atoms with Gasteiger partial charge in [0.2, 0.25) is 15.9 Å². The predicted octanol–water partition coefficient (Wildman–Crippen LogP) is 3.26. The number of pyridine rings is 1. The van der Waals surface area contributed by atoms with Gasteiger partial charge in [0.1, 0.15) is 22.1 Å². The topological polar surface area (TPSA) is 116 Å². The first kappa shape index (κ1) is 23.5. The molecule has 1 aliphatic carbocycles. The highest BCUT2D eigenvalue weighted by Crippen LogP contribution is 2.28. The molecule has 9 nitrogen and oxygen atoms in total. The number of rotatable bonds is 10. The second-order valence-electron chi connectivity index (χ2n) is 7.73. The predicted molar refractivity (Wildman–Crippen MR) is 125 cm³/mol. The van der Waals surface area contributed by atoms with Crippen LogP contribution in [0.25, 0.3) is 0 Å². The summed E-state index contributed by atoms with van der Waals surface area (Å²) >= 11 is 0. The molecule has 0 radical (unpaired) electrons. The van der Waals surface area contributed by atoms with E-state index in [1.807, 2.05) is 12.1 Å². The van der Waals surface area contributed by atoms with Gasteiger partial charge in [-0.05, 0) is 48.7 Å². The van der Waals surface area contributed by atoms with Crippen molar-refractivity contribution in [3.05, 3.63) is 71.9 Å². The first-order chi connectivity index (χ1) is 16.4. The number of nitrogens with zero attached hydrogens (tertiary/aromatic N) is 1. The standard InChI is InChI=1S/C24H25N3O6S/c1-31-19-4-3-5-20(13-19)33-23-11-6-16(14-25-23)15-26-24(28)17-7-10-21(32-2)22(12-17)34(29,30)27-18-8-9-18/h3-7,10-14,18,27H,8-9,15H2,1-2H3,(H,26,28). The van der Waals surface area contributed by atoms with E-state index in [-0.39, 0.29) is 28.8 Å². The van der Waals surface area contributed by atoms with Gasteiger partial charge >= 0.3 is 0 Å². The summed E-state index contributed by atoms with van der Waals surface area (Å²) in [5.74, 6) is 1.43. The number of benzene rings is 2. The van der Waals surface area contributed by atoms with Gasteiger partial charge in [-0.1, -0.05) is 12.1 Å². The van der Waals surface area contributed by atoms with Crippen LogP contribution in [0.3, 0.4) is 0 Å². The molecule has 1 heterocycles. The van der Waals surface area contributed by atoms with Crippen LogP contribution >= 0.6 is 0 Å². The molecule has 34 heavy (non-hydrogen) atoms. The van der Waals surface area contributed by atoms with Gasteiger partial charge in [-0.15, -0.1) is 0 Å². The average Bonchev–Trinajstić information content (AvgIpc) is 3.66. The maximum absolute atomic E-state index is 12.7. The van der Waals surface area contributed by atoms with E-state index in [1.54, 1.807) is 37.6 Å². The molecule has 0 spiro atoms. The number of hydrogen-bond acceptors (Lipinski definition) is 7. The van der Waals surface area contributed by atoms with Crippen LogP contribution in [0.15, 0.2) is 65.7 Å². The smallest absolute Gasteiger partial charge is 0.251 e. The zero-order valence-electron chi connectivity index (χ0n) is 18.8. The number of amides is 1. The van der Waals surface area contributed by atoms with Crippen molar-refractivity contribution < 1.29 is 27.4 Å². The summed E-state index contributed by atoms with van der Waals surface area (Å²) in [6.45, 7) is 0.208. The fraction of sp³-hybridized carbons (Fsp3) is 0.250. The van der Waals surface area contributed by atoms with Crippen molar-refractivity contribution in [1.82, 2.24) is 15.0 Å². The molecule has 4 rings (SSSR count). The molecule has 0 aliphatic heterocycles. The third-order valence-electron chi connectivity index (χ3n) is 5.13. The third kappa shape index (κ3) is 5.83. The Morgan fingerprint density at radius 2 is 1.82 bits per heavy atom. The van der Waals surface area contributed by atoms with E-state index in [0.717, 1.165) is 18.4 Å². The van der Waals surface area contributed by atoms with Gasteiger partial charge in [-0.2, -0.15) is 0 Å². The number of methoxy groups -OCH3 is 2. The van der Waals surface area contributed by atoms with Crippen molar-refractivity contribution >= 4 is 15.9 Å². The maximum atomic E-state index is 12.7. The quantitative estimate of drug-likeness (QED) is 0.455. The van der Waals surface area contributed by atoms with Gasteiger partial charge in [-0.25, -0.2) is 18.1 Å². The van der Waals surface area contributed by atoms with E-state index in [9.17, 15) is 13.2 Å². The molecule has 1 aromatic heterocycles. The Morgan fingerprint density at radius 1 is 1.03 bits per heavy atom. The van der Waals surface area contributed by atoms with Crippen molar-refractivity contribution in [2.75, 3.05) is 14.2 Å². The Bertz CT molecular complexity index is 1270. The summed E-state index contributed by atoms with van der Waals surface area (Å²) in [6.07, 6.45) is 3.21. The fourth-order valence-electron chi connectivity index (χ4n) is 3.16. The van der Waals surface area contributed by atoms with E-state index in [1.165, 1.54) is 25.3 Å². The number of sulfonamides is 1. The third-order valence-corrected chi connectivity index (χ3v) is 6.67. The Morgan fingerprint density at radius 3 is 2.50 bits per heavy atom. The lowest BCUT2D eigenvalue weighted by Crippen LogP contribution is -2.27. The van der Waals surface area contributed by atoms with Gasteiger partial charge in [-0.3, -0.25) is 4.79 Å². The SMILES string of the molecule is COc1cccc(Oc2ccc(CNC(=O)c3ccc(OC)c(S(=O)(=O)NC4CC4)c3)cn2)c1. The van der Waals surface area contributed by atoms with Gasteiger partial charge < -0.3 is 19.5 Å². The van der Waals surface area contributed by atoms with Crippen molar-refractivity contribution in [2.45, 2.75) is 30.3 Å². The number of aromatic nitrogens is 1. The second kappa shape index (κ2) is 10.1. The lowest BCUT2D eigenvalue weighted by atomic mass is 10.2. The van der Waals surface area contributed by atoms with E-state index in [4.69, 9.17) is 14.2 Å². The molecular weight excluding hydrogens is 458 g/mol. The van der Waals surface area contributed by atoms with Crippen LogP contribution in [0.5, 0.6) is 23.1 Å². The van der Waals surface area contributed by atoms with Gasteiger partial charge in [0.25, 0.3) is 5.91 Å². The number of nitrogens with one attached hydrogen (secondary N) is 2. The van der Waals surface area contributed by atoms with Crippen LogP contribution in [0.1, 0.15) is 28.8 Å². The van der Waals surface area contributed by atoms with Gasteiger partial charge in [0, 0.05) is 36.5 Å².